The van der Waals surface area contributed by atoms with E-state index in [-0.39, 0.29) is 5.75 Å². The summed E-state index contributed by atoms with van der Waals surface area (Å²) in [7, 11) is 0. The predicted molar refractivity (Wildman–Crippen MR) is 37.0 cm³/mol. The topological polar surface area (TPSA) is 46.2 Å². The molecule has 9 heavy (non-hydrogen) atoms. The lowest BCUT2D eigenvalue weighted by Crippen LogP contribution is -1.84. The summed E-state index contributed by atoms with van der Waals surface area (Å²) in [6, 6.07) is 4.89. The first kappa shape index (κ1) is 5.95. The van der Waals surface area contributed by atoms with Crippen molar-refractivity contribution >= 4 is 5.69 Å². The monoisotopic (exact) mass is 122 g/mol. The molecule has 3 N–H and O–H groups in total. The number of phenolic OH excluding ortho intramolecular Hbond substituents is 1. The maximum Gasteiger partial charge on any atom is 0.138 e. The summed E-state index contributed by atoms with van der Waals surface area (Å²) >= 11 is 0. The van der Waals surface area contributed by atoms with Crippen LogP contribution in [0.4, 0.5) is 5.69 Å². The van der Waals surface area contributed by atoms with E-state index in [1.807, 2.05) is 0 Å². The van der Waals surface area contributed by atoms with Gasteiger partial charge in [-0.1, -0.05) is 6.07 Å². The van der Waals surface area contributed by atoms with E-state index in [2.05, 4.69) is 6.92 Å². The number of anilines is 1. The summed E-state index contributed by atoms with van der Waals surface area (Å²) in [6.45, 7) is 3.61. The molecule has 0 unspecified atom stereocenters. The molecule has 0 aliphatic rings. The van der Waals surface area contributed by atoms with Crippen LogP contribution in [-0.2, 0) is 0 Å². The molecule has 0 saturated heterocycles. The van der Waals surface area contributed by atoms with Gasteiger partial charge in [-0.05, 0) is 24.6 Å². The largest absolute Gasteiger partial charge is 0.506 e. The molecule has 0 saturated carbocycles. The molecule has 0 spiro atoms. The lowest BCUT2D eigenvalue weighted by molar-refractivity contribution is 0.478. The molecule has 0 aliphatic carbocycles. The molecule has 0 heterocycles. The van der Waals surface area contributed by atoms with Crippen molar-refractivity contribution in [2.24, 2.45) is 0 Å². The van der Waals surface area contributed by atoms with Crippen molar-refractivity contribution in [3.8, 4) is 5.75 Å². The Labute approximate surface area is 53.9 Å². The van der Waals surface area contributed by atoms with Gasteiger partial charge in [0.05, 0.1) is 5.69 Å². The van der Waals surface area contributed by atoms with Gasteiger partial charge in [-0.25, -0.2) is 0 Å². The number of benzene rings is 1. The van der Waals surface area contributed by atoms with Gasteiger partial charge in [-0.15, -0.1) is 0 Å². The molecule has 0 fully saturated rings. The summed E-state index contributed by atoms with van der Waals surface area (Å²) in [5.74, 6) is 0.0995. The fraction of sp³-hybridized carbons (Fsp3) is 0. The Hall–Kier alpha value is -1.18. The maximum atomic E-state index is 8.94. The second-order valence-corrected chi connectivity index (χ2v) is 1.89. The van der Waals surface area contributed by atoms with Crippen LogP contribution >= 0.6 is 0 Å². The van der Waals surface area contributed by atoms with E-state index in [1.54, 1.807) is 12.1 Å². The molecule has 47 valence electrons. The van der Waals surface area contributed by atoms with Crippen LogP contribution in [0.5, 0.6) is 5.75 Å². The molecule has 0 amide bonds. The van der Waals surface area contributed by atoms with Crippen molar-refractivity contribution in [1.29, 1.82) is 0 Å². The molecule has 0 atom stereocenters. The van der Waals surface area contributed by atoms with Crippen molar-refractivity contribution in [2.75, 3.05) is 5.73 Å². The van der Waals surface area contributed by atoms with Crippen LogP contribution in [0, 0.1) is 6.92 Å². The van der Waals surface area contributed by atoms with Crippen molar-refractivity contribution in [3.63, 3.8) is 0 Å². The Morgan fingerprint density at radius 3 is 2.56 bits per heavy atom. The Bertz CT molecular complexity index is 220. The van der Waals surface area contributed by atoms with E-state index < -0.39 is 0 Å². The van der Waals surface area contributed by atoms with Crippen molar-refractivity contribution in [2.45, 2.75) is 0 Å². The van der Waals surface area contributed by atoms with Crippen molar-refractivity contribution in [1.82, 2.24) is 0 Å². The number of nitrogens with two attached hydrogens (primary N) is 1. The smallest absolute Gasteiger partial charge is 0.138 e. The predicted octanol–water partition coefficient (Wildman–Crippen LogP) is 1.16. The number of hydrogen-bond acceptors (Lipinski definition) is 2. The zero-order valence-electron chi connectivity index (χ0n) is 4.96. The third-order valence-corrected chi connectivity index (χ3v) is 1.09. The van der Waals surface area contributed by atoms with Gasteiger partial charge in [0, 0.05) is 0 Å². The van der Waals surface area contributed by atoms with Gasteiger partial charge in [-0.3, -0.25) is 0 Å². The second kappa shape index (κ2) is 1.97. The highest BCUT2D eigenvalue weighted by molar-refractivity contribution is 5.53. The van der Waals surface area contributed by atoms with Gasteiger partial charge >= 0.3 is 0 Å². The average Bonchev–Trinajstić information content (AvgIpc) is 1.80. The van der Waals surface area contributed by atoms with Crippen LogP contribution in [0.3, 0.4) is 0 Å². The first-order chi connectivity index (χ1) is 4.20. The highest BCUT2D eigenvalue weighted by atomic mass is 16.3. The van der Waals surface area contributed by atoms with Gasteiger partial charge in [0.2, 0.25) is 0 Å². The Kier molecular flexibility index (Phi) is 1.30. The van der Waals surface area contributed by atoms with Crippen LogP contribution in [0.1, 0.15) is 5.56 Å². The summed E-state index contributed by atoms with van der Waals surface area (Å²) in [5.41, 5.74) is 6.47. The molecule has 2 nitrogen and oxygen atoms in total. The average molecular weight is 122 g/mol. The second-order valence-electron chi connectivity index (χ2n) is 1.89. The third kappa shape index (κ3) is 1.13. The molecule has 1 rings (SSSR count). The normalized spacial score (nSPS) is 9.44. The van der Waals surface area contributed by atoms with Gasteiger partial charge in [0.25, 0.3) is 0 Å². The van der Waals surface area contributed by atoms with E-state index in [4.69, 9.17) is 10.8 Å². The summed E-state index contributed by atoms with van der Waals surface area (Å²) in [4.78, 5) is 0. The zero-order chi connectivity index (χ0) is 6.85. The molecule has 2 heteroatoms. The standard InChI is InChI=1S/C7H8NO/c1-5-2-3-6(8)7(9)4-5/h2-4,9H,1,8H2. The molecule has 1 aromatic rings. The van der Waals surface area contributed by atoms with Crippen LogP contribution < -0.4 is 5.73 Å². The minimum Gasteiger partial charge on any atom is -0.506 e. The Morgan fingerprint density at radius 2 is 2.11 bits per heavy atom. The van der Waals surface area contributed by atoms with E-state index in [9.17, 15) is 0 Å². The molecule has 1 radical (unpaired) electrons. The lowest BCUT2D eigenvalue weighted by atomic mass is 10.2. The van der Waals surface area contributed by atoms with E-state index in [1.165, 1.54) is 6.07 Å². The van der Waals surface area contributed by atoms with Crippen molar-refractivity contribution in [3.05, 3.63) is 30.7 Å². The minimum absolute atomic E-state index is 0.0995. The molecule has 1 aromatic carbocycles. The van der Waals surface area contributed by atoms with Gasteiger partial charge in [0.15, 0.2) is 0 Å². The Balaban J connectivity index is 3.17. The first-order valence-corrected chi connectivity index (χ1v) is 2.60. The van der Waals surface area contributed by atoms with Crippen LogP contribution in [0.2, 0.25) is 0 Å². The minimum atomic E-state index is 0.0995. The van der Waals surface area contributed by atoms with Gasteiger partial charge < -0.3 is 10.8 Å². The summed E-state index contributed by atoms with van der Waals surface area (Å²) in [6.07, 6.45) is 0. The summed E-state index contributed by atoms with van der Waals surface area (Å²) in [5, 5.41) is 8.94. The van der Waals surface area contributed by atoms with Gasteiger partial charge in [-0.2, -0.15) is 0 Å². The van der Waals surface area contributed by atoms with Crippen LogP contribution in [0.15, 0.2) is 18.2 Å². The van der Waals surface area contributed by atoms with Gasteiger partial charge in [0.1, 0.15) is 5.75 Å². The number of hydrogen-bond donors (Lipinski definition) is 2. The fourth-order valence-corrected chi connectivity index (χ4v) is 0.589. The highest BCUT2D eigenvalue weighted by Crippen LogP contribution is 2.19. The maximum absolute atomic E-state index is 8.94. The quantitative estimate of drug-likeness (QED) is 0.400. The number of rotatable bonds is 0. The Morgan fingerprint density at radius 1 is 1.44 bits per heavy atom. The first-order valence-electron chi connectivity index (χ1n) is 2.60. The van der Waals surface area contributed by atoms with E-state index in [0.29, 0.717) is 5.69 Å². The highest BCUT2D eigenvalue weighted by Gasteiger charge is 1.92. The molecular formula is C7H8NO. The molecular weight excluding hydrogens is 114 g/mol. The van der Waals surface area contributed by atoms with Crippen LogP contribution in [-0.4, -0.2) is 5.11 Å². The number of phenols is 1. The molecule has 0 aromatic heterocycles. The van der Waals surface area contributed by atoms with Crippen molar-refractivity contribution < 1.29 is 5.11 Å². The third-order valence-electron chi connectivity index (χ3n) is 1.09. The van der Waals surface area contributed by atoms with E-state index in [0.717, 1.165) is 5.56 Å². The zero-order valence-corrected chi connectivity index (χ0v) is 4.96. The number of nitrogen functional groups attached to an aromatic ring is 1. The lowest BCUT2D eigenvalue weighted by Gasteiger charge is -1.96. The van der Waals surface area contributed by atoms with Crippen LogP contribution in [0.25, 0.3) is 0 Å². The fourth-order valence-electron chi connectivity index (χ4n) is 0.589. The SMILES string of the molecule is [CH2]c1ccc(N)c(O)c1. The molecule has 0 bridgehead atoms. The number of aromatic hydroxyl groups is 1. The van der Waals surface area contributed by atoms with E-state index >= 15 is 0 Å². The summed E-state index contributed by atoms with van der Waals surface area (Å²) < 4.78 is 0. The molecule has 0 aliphatic heterocycles.